The second-order valence-electron chi connectivity index (χ2n) is 7.17. The van der Waals surface area contributed by atoms with Crippen molar-refractivity contribution in [3.63, 3.8) is 0 Å². The summed E-state index contributed by atoms with van der Waals surface area (Å²) in [5.41, 5.74) is 2.50. The molecule has 0 saturated heterocycles. The summed E-state index contributed by atoms with van der Waals surface area (Å²) in [7, 11) is 0. The summed E-state index contributed by atoms with van der Waals surface area (Å²) in [6.45, 7) is 8.16. The number of para-hydroxylation sites is 1. The maximum absolute atomic E-state index is 12.8. The summed E-state index contributed by atoms with van der Waals surface area (Å²) < 4.78 is 1.67. The van der Waals surface area contributed by atoms with Gasteiger partial charge in [-0.05, 0) is 37.5 Å². The Bertz CT molecular complexity index is 1020. The molecule has 1 aromatic heterocycles. The van der Waals surface area contributed by atoms with Crippen LogP contribution < -0.4 is 5.56 Å². The molecule has 27 heavy (non-hydrogen) atoms. The molecule has 1 heterocycles. The lowest BCUT2D eigenvalue weighted by Gasteiger charge is -2.16. The first-order valence-electron chi connectivity index (χ1n) is 9.15. The van der Waals surface area contributed by atoms with Crippen molar-refractivity contribution < 1.29 is 4.79 Å². The van der Waals surface area contributed by atoms with Crippen LogP contribution in [0.15, 0.2) is 58.5 Å². The Morgan fingerprint density at radius 2 is 1.70 bits per heavy atom. The molecule has 0 fully saturated rings. The third-order valence-electron chi connectivity index (χ3n) is 4.52. The third kappa shape index (κ3) is 4.14. The lowest BCUT2D eigenvalue weighted by Crippen LogP contribution is -2.25. The molecule has 0 atom stereocenters. The van der Waals surface area contributed by atoms with Gasteiger partial charge >= 0.3 is 0 Å². The number of rotatable bonds is 6. The van der Waals surface area contributed by atoms with Crippen LogP contribution in [0.4, 0.5) is 0 Å². The number of carbonyl (C=O) groups excluding carboxylic acids is 1. The quantitative estimate of drug-likeness (QED) is 0.340. The second-order valence-corrected chi connectivity index (χ2v) is 8.11. The molecule has 5 heteroatoms. The van der Waals surface area contributed by atoms with Gasteiger partial charge in [-0.3, -0.25) is 14.2 Å². The molecule has 0 bridgehead atoms. The maximum Gasteiger partial charge on any atom is 0.262 e. The summed E-state index contributed by atoms with van der Waals surface area (Å²) in [5.74, 6) is 0.720. The Kier molecular flexibility index (Phi) is 5.80. The summed E-state index contributed by atoms with van der Waals surface area (Å²) >= 11 is 1.32. The highest BCUT2D eigenvalue weighted by atomic mass is 32.2. The van der Waals surface area contributed by atoms with E-state index in [1.807, 2.05) is 56.3 Å². The van der Waals surface area contributed by atoms with Crippen LogP contribution in [-0.4, -0.2) is 21.1 Å². The van der Waals surface area contributed by atoms with Crippen molar-refractivity contribution in [3.8, 4) is 0 Å². The van der Waals surface area contributed by atoms with Crippen molar-refractivity contribution in [3.05, 3.63) is 70.0 Å². The molecular formula is C22H24N2O2S. The Hall–Kier alpha value is -2.40. The summed E-state index contributed by atoms with van der Waals surface area (Å²) in [6, 6.07) is 15.1. The van der Waals surface area contributed by atoms with Gasteiger partial charge in [0.15, 0.2) is 10.9 Å². The van der Waals surface area contributed by atoms with E-state index in [0.29, 0.717) is 27.5 Å². The van der Waals surface area contributed by atoms with Crippen molar-refractivity contribution >= 4 is 28.4 Å². The molecule has 0 saturated carbocycles. The minimum Gasteiger partial charge on any atom is -0.293 e. The topological polar surface area (TPSA) is 52.0 Å². The number of ketones is 1. The number of nitrogens with zero attached hydrogens (tertiary/aromatic N) is 2. The number of thioether (sulfide) groups is 1. The van der Waals surface area contributed by atoms with Gasteiger partial charge in [-0.1, -0.05) is 62.0 Å². The van der Waals surface area contributed by atoms with Crippen LogP contribution in [0.3, 0.4) is 0 Å². The molecule has 0 aliphatic rings. The summed E-state index contributed by atoms with van der Waals surface area (Å²) in [5, 5.41) is 1.19. The van der Waals surface area contributed by atoms with Gasteiger partial charge in [0.05, 0.1) is 16.7 Å². The van der Waals surface area contributed by atoms with Crippen LogP contribution in [0, 0.1) is 0 Å². The molecule has 140 valence electrons. The Labute approximate surface area is 163 Å². The fraction of sp³-hybridized carbons (Fsp3) is 0.318. The van der Waals surface area contributed by atoms with Gasteiger partial charge in [0, 0.05) is 11.6 Å². The Morgan fingerprint density at radius 3 is 2.33 bits per heavy atom. The van der Waals surface area contributed by atoms with Crippen LogP contribution in [0.2, 0.25) is 0 Å². The smallest absolute Gasteiger partial charge is 0.262 e. The van der Waals surface area contributed by atoms with Gasteiger partial charge in [0.25, 0.3) is 5.56 Å². The maximum atomic E-state index is 12.8. The van der Waals surface area contributed by atoms with E-state index in [0.717, 1.165) is 0 Å². The van der Waals surface area contributed by atoms with E-state index in [9.17, 15) is 9.59 Å². The van der Waals surface area contributed by atoms with Crippen LogP contribution in [0.1, 0.15) is 55.6 Å². The third-order valence-corrected chi connectivity index (χ3v) is 5.48. The normalized spacial score (nSPS) is 11.5. The molecule has 3 rings (SSSR count). The molecular weight excluding hydrogens is 356 g/mol. The first-order chi connectivity index (χ1) is 12.9. The zero-order valence-electron chi connectivity index (χ0n) is 16.1. The average Bonchev–Trinajstić information content (AvgIpc) is 2.66. The van der Waals surface area contributed by atoms with Gasteiger partial charge in [0.1, 0.15) is 0 Å². The highest BCUT2D eigenvalue weighted by Crippen LogP contribution is 2.22. The summed E-state index contributed by atoms with van der Waals surface area (Å²) in [6.07, 6.45) is 0. The first kappa shape index (κ1) is 19.4. The predicted octanol–water partition coefficient (Wildman–Crippen LogP) is 5.08. The minimum absolute atomic E-state index is 0.0301. The number of hydrogen-bond donors (Lipinski definition) is 0. The lowest BCUT2D eigenvalue weighted by molar-refractivity contribution is 0.102. The van der Waals surface area contributed by atoms with Gasteiger partial charge < -0.3 is 0 Å². The van der Waals surface area contributed by atoms with Crippen molar-refractivity contribution in [2.75, 3.05) is 5.75 Å². The summed E-state index contributed by atoms with van der Waals surface area (Å²) in [4.78, 5) is 30.1. The number of fused-ring (bicyclic) bond motifs is 1. The van der Waals surface area contributed by atoms with Gasteiger partial charge in [-0.25, -0.2) is 4.98 Å². The predicted molar refractivity (Wildman–Crippen MR) is 112 cm³/mol. The molecule has 4 nitrogen and oxygen atoms in total. The first-order valence-corrected chi connectivity index (χ1v) is 10.1. The molecule has 0 aliphatic heterocycles. The van der Waals surface area contributed by atoms with E-state index in [2.05, 4.69) is 18.8 Å². The molecule has 0 amide bonds. The monoisotopic (exact) mass is 380 g/mol. The molecule has 0 radical (unpaired) electrons. The number of aromatic nitrogens is 2. The molecule has 0 unspecified atom stereocenters. The van der Waals surface area contributed by atoms with Gasteiger partial charge in [0.2, 0.25) is 0 Å². The van der Waals surface area contributed by atoms with E-state index in [1.54, 1.807) is 10.6 Å². The molecule has 0 aliphatic carbocycles. The number of carbonyl (C=O) groups is 1. The van der Waals surface area contributed by atoms with E-state index in [-0.39, 0.29) is 23.1 Å². The van der Waals surface area contributed by atoms with Crippen molar-refractivity contribution in [1.82, 2.24) is 9.55 Å². The van der Waals surface area contributed by atoms with Crippen molar-refractivity contribution in [2.45, 2.75) is 44.8 Å². The van der Waals surface area contributed by atoms with Gasteiger partial charge in [-0.2, -0.15) is 0 Å². The fourth-order valence-corrected chi connectivity index (χ4v) is 3.97. The molecule has 3 aromatic rings. The SMILES string of the molecule is CC(C)c1ccc(C(=O)CSc2nc3ccccc3c(=O)n2C(C)C)cc1. The second kappa shape index (κ2) is 8.09. The van der Waals surface area contributed by atoms with E-state index >= 15 is 0 Å². The van der Waals surface area contributed by atoms with Crippen LogP contribution in [0.25, 0.3) is 10.9 Å². The largest absolute Gasteiger partial charge is 0.293 e. The molecule has 0 N–H and O–H groups in total. The van der Waals surface area contributed by atoms with E-state index in [1.165, 1.54) is 17.3 Å². The molecule has 0 spiro atoms. The standard InChI is InChI=1S/C22H24N2O2S/c1-14(2)16-9-11-17(12-10-16)20(25)13-27-22-23-19-8-6-5-7-18(19)21(26)24(22)15(3)4/h5-12,14-15H,13H2,1-4H3. The average molecular weight is 381 g/mol. The van der Waals surface area contributed by atoms with E-state index < -0.39 is 0 Å². The van der Waals surface area contributed by atoms with Crippen LogP contribution in [-0.2, 0) is 0 Å². The number of benzene rings is 2. The zero-order valence-corrected chi connectivity index (χ0v) is 16.9. The van der Waals surface area contributed by atoms with Crippen LogP contribution in [0.5, 0.6) is 0 Å². The highest BCUT2D eigenvalue weighted by molar-refractivity contribution is 7.99. The lowest BCUT2D eigenvalue weighted by atomic mass is 10.0. The van der Waals surface area contributed by atoms with Gasteiger partial charge in [-0.15, -0.1) is 0 Å². The van der Waals surface area contributed by atoms with Crippen molar-refractivity contribution in [2.24, 2.45) is 0 Å². The van der Waals surface area contributed by atoms with E-state index in [4.69, 9.17) is 0 Å². The Morgan fingerprint density at radius 1 is 1.04 bits per heavy atom. The highest BCUT2D eigenvalue weighted by Gasteiger charge is 2.16. The van der Waals surface area contributed by atoms with Crippen molar-refractivity contribution in [1.29, 1.82) is 0 Å². The van der Waals surface area contributed by atoms with Crippen LogP contribution >= 0.6 is 11.8 Å². The zero-order chi connectivity index (χ0) is 19.6. The fourth-order valence-electron chi connectivity index (χ4n) is 2.95. The number of Topliss-reactive ketones (excluding diaryl/α,β-unsaturated/α-hetero) is 1. The number of hydrogen-bond acceptors (Lipinski definition) is 4. The minimum atomic E-state index is -0.0631. The molecule has 2 aromatic carbocycles. The Balaban J connectivity index is 1.87.